The molecule has 0 aliphatic heterocycles. The first-order valence-electron chi connectivity index (χ1n) is 1.80. The van der Waals surface area contributed by atoms with Crippen molar-refractivity contribution in [3.63, 3.8) is 0 Å². The van der Waals surface area contributed by atoms with E-state index in [-0.39, 0.29) is 37.5 Å². The van der Waals surface area contributed by atoms with Gasteiger partial charge in [-0.1, -0.05) is 0 Å². The number of nitrogens with one attached hydrogen (secondary N) is 1. The van der Waals surface area contributed by atoms with Crippen molar-refractivity contribution in [1.82, 2.24) is 11.6 Å². The van der Waals surface area contributed by atoms with Crippen LogP contribution < -0.4 is 17.4 Å². The maximum absolute atomic E-state index is 9.46. The van der Waals surface area contributed by atoms with Crippen LogP contribution in [0.1, 0.15) is 0 Å². The van der Waals surface area contributed by atoms with Crippen molar-refractivity contribution in [2.45, 2.75) is 0 Å². The quantitative estimate of drug-likeness (QED) is 0.311. The van der Waals surface area contributed by atoms with Gasteiger partial charge in [-0.05, 0) is 0 Å². The van der Waals surface area contributed by atoms with Crippen LogP contribution in [0, 0.1) is 0 Å². The molecule has 0 heterocycles. The van der Waals surface area contributed by atoms with Gasteiger partial charge in [0.05, 0.1) is 0 Å². The van der Waals surface area contributed by atoms with Crippen molar-refractivity contribution >= 4 is 81.7 Å². The third-order valence-corrected chi connectivity index (χ3v) is 0.253. The number of carboxylic acid groups (broad SMARTS) is 1. The first-order chi connectivity index (χ1) is 3.77. The zero-order valence-electron chi connectivity index (χ0n) is 6.04. The molecule has 0 saturated carbocycles. The van der Waals surface area contributed by atoms with Crippen LogP contribution in [-0.2, 0) is 4.79 Å². The minimum absolute atomic E-state index is 0. The molecule has 0 spiro atoms. The van der Waals surface area contributed by atoms with Gasteiger partial charge < -0.3 is 11.3 Å². The summed E-state index contributed by atoms with van der Waals surface area (Å²) in [5.41, 5.74) is 1.97. The first-order valence-corrected chi connectivity index (χ1v) is 6.10. The molecule has 7 N–H and O–H groups in total. The molecule has 0 aromatic heterocycles. The van der Waals surface area contributed by atoms with Crippen molar-refractivity contribution < 1.29 is 9.90 Å². The number of carbonyl (C=O) groups is 1. The van der Waals surface area contributed by atoms with Gasteiger partial charge in [-0.25, -0.2) is 5.43 Å². The Labute approximate surface area is 114 Å². The molecule has 9 heteroatoms. The summed E-state index contributed by atoms with van der Waals surface area (Å²) in [6.07, 6.45) is 0. The van der Waals surface area contributed by atoms with E-state index in [1.54, 1.807) is 0 Å². The van der Waals surface area contributed by atoms with Crippen LogP contribution in [0.25, 0.3) is 0 Å². The van der Waals surface area contributed by atoms with Gasteiger partial charge in [0, 0.05) is 0 Å². The van der Waals surface area contributed by atoms with Crippen molar-refractivity contribution in [2.24, 2.45) is 5.84 Å². The van der Waals surface area contributed by atoms with Gasteiger partial charge in [-0.15, -0.1) is 24.8 Å². The Hall–Kier alpha value is 1.86. The number of aliphatic carboxylic acids is 1. The molecule has 0 radical (unpaired) electrons. The summed E-state index contributed by atoms with van der Waals surface area (Å²) < 4.78 is 4.83. The second-order valence-electron chi connectivity index (χ2n) is 0.775. The molecule has 0 fully saturated rings. The second-order valence-corrected chi connectivity index (χ2v) is 0.775. The van der Waals surface area contributed by atoms with Crippen molar-refractivity contribution in [2.75, 3.05) is 6.54 Å². The molecule has 0 bridgehead atoms. The predicted molar refractivity (Wildman–Crippen MR) is 51.0 cm³/mol. The first kappa shape index (κ1) is 29.3. The van der Waals surface area contributed by atoms with Crippen LogP contribution in [0.4, 0.5) is 0 Å². The molecule has 0 unspecified atom stereocenters. The number of nitrogens with two attached hydrogens (primary N) is 1. The molecule has 0 aliphatic carbocycles. The summed E-state index contributed by atoms with van der Waals surface area (Å²) in [5, 5.41) is 7.77. The van der Waals surface area contributed by atoms with Gasteiger partial charge in [0.15, 0.2) is 0 Å². The van der Waals surface area contributed by atoms with Crippen molar-refractivity contribution in [3.05, 3.63) is 0 Å². The normalized spacial score (nSPS) is 5.09. The summed E-state index contributed by atoms with van der Waals surface area (Å²) >= 11 is 0.535. The van der Waals surface area contributed by atoms with E-state index in [4.69, 9.17) is 8.87 Å². The number of hydrogen-bond donors (Lipinski definition) is 4. The number of hydrogen-bond acceptors (Lipinski definition) is 4. The Morgan fingerprint density at radius 2 is 1.82 bits per heavy atom. The SMILES string of the molecule is Cl.Cl.N.NNCC(=O)O.[Cl][K]. The van der Waals surface area contributed by atoms with E-state index in [2.05, 4.69) is 5.84 Å². The Kier molecular flexibility index (Phi) is 79.1. The van der Waals surface area contributed by atoms with Crippen LogP contribution in [0.15, 0.2) is 0 Å². The number of rotatable bonds is 2. The molecule has 0 aromatic carbocycles. The Bertz CT molecular complexity index is 68.5. The number of carboxylic acids is 1. The predicted octanol–water partition coefficient (Wildman–Crippen LogP) is -0.151. The van der Waals surface area contributed by atoms with Gasteiger partial charge in [0.2, 0.25) is 0 Å². The topological polar surface area (TPSA) is 110 Å². The summed E-state index contributed by atoms with van der Waals surface area (Å²) in [5.74, 6) is 3.65. The number of hydrazine groups is 1. The average molecular weight is 255 g/mol. The molecule has 0 rings (SSSR count). The van der Waals surface area contributed by atoms with Crippen LogP contribution in [0.5, 0.6) is 0 Å². The standard InChI is InChI=1S/C2H6N2O2.3ClH.K.H3N/c3-4-1-2(5)6;;;;;/h4H,1,3H2,(H,5,6);3*1H;;1H3/q;;;;+1;/p-1. The molecule has 0 aliphatic rings. The maximum atomic E-state index is 9.46. The van der Waals surface area contributed by atoms with E-state index in [1.165, 1.54) is 0 Å². The Morgan fingerprint density at radius 1 is 1.55 bits per heavy atom. The molecule has 0 amide bonds. The molecule has 11 heavy (non-hydrogen) atoms. The fraction of sp³-hybridized carbons (Fsp3) is 0.500. The monoisotopic (exact) mass is 253 g/mol. The molecule has 0 aromatic rings. The Morgan fingerprint density at radius 3 is 1.82 bits per heavy atom. The molecular formula is C2H11Cl3KN3O2. The van der Waals surface area contributed by atoms with Gasteiger partial charge in [0.25, 0.3) is 0 Å². The zero-order chi connectivity index (χ0) is 6.99. The van der Waals surface area contributed by atoms with Crippen LogP contribution in [0.2, 0.25) is 0 Å². The summed E-state index contributed by atoms with van der Waals surface area (Å²) in [6.45, 7) is -0.181. The summed E-state index contributed by atoms with van der Waals surface area (Å²) in [6, 6.07) is 0. The summed E-state index contributed by atoms with van der Waals surface area (Å²) in [7, 11) is 0. The van der Waals surface area contributed by atoms with Crippen molar-refractivity contribution in [3.8, 4) is 0 Å². The Balaban J connectivity index is -0.0000000222. The average Bonchev–Trinajstić information content (AvgIpc) is 1.72. The van der Waals surface area contributed by atoms with Gasteiger partial charge in [-0.2, -0.15) is 0 Å². The van der Waals surface area contributed by atoms with Crippen molar-refractivity contribution in [1.29, 1.82) is 0 Å². The van der Waals surface area contributed by atoms with Gasteiger partial charge in [0.1, 0.15) is 6.54 Å². The van der Waals surface area contributed by atoms with Crippen LogP contribution in [-0.4, -0.2) is 64.8 Å². The molecule has 5 nitrogen and oxygen atoms in total. The van der Waals surface area contributed by atoms with E-state index in [1.807, 2.05) is 5.43 Å². The fourth-order valence-corrected chi connectivity index (χ4v) is 0.0873. The third-order valence-electron chi connectivity index (χ3n) is 0.253. The molecular weight excluding hydrogens is 243 g/mol. The second kappa shape index (κ2) is 29.7. The van der Waals surface area contributed by atoms with E-state index < -0.39 is 5.97 Å². The third kappa shape index (κ3) is 48.8. The van der Waals surface area contributed by atoms with E-state index >= 15 is 0 Å². The molecule has 0 saturated heterocycles. The minimum atomic E-state index is -0.947. The molecule has 0 atom stereocenters. The van der Waals surface area contributed by atoms with Crippen LogP contribution in [0.3, 0.4) is 0 Å². The van der Waals surface area contributed by atoms with E-state index in [0.717, 1.165) is 0 Å². The number of halogens is 3. The van der Waals surface area contributed by atoms with Crippen LogP contribution >= 0.6 is 28.6 Å². The van der Waals surface area contributed by atoms with Gasteiger partial charge in [-0.3, -0.25) is 10.6 Å². The fourth-order valence-electron chi connectivity index (χ4n) is 0.0873. The van der Waals surface area contributed by atoms with E-state index in [0.29, 0.717) is 47.1 Å². The van der Waals surface area contributed by atoms with Gasteiger partial charge >= 0.3 is 56.9 Å². The van der Waals surface area contributed by atoms with E-state index in [9.17, 15) is 4.79 Å². The zero-order valence-corrected chi connectivity index (χ0v) is 11.6. The summed E-state index contributed by atoms with van der Waals surface area (Å²) in [4.78, 5) is 9.46. The molecule has 68 valence electrons.